The van der Waals surface area contributed by atoms with Crippen LogP contribution in [0.3, 0.4) is 0 Å². The van der Waals surface area contributed by atoms with Crippen LogP contribution < -0.4 is 16.4 Å². The number of nitrogens with one attached hydrogen (secondary N) is 2. The van der Waals surface area contributed by atoms with Crippen LogP contribution in [0.4, 0.5) is 16.8 Å². The number of hydrogen-bond acceptors (Lipinski definition) is 7. The second-order valence-corrected chi connectivity index (χ2v) is 9.12. The zero-order chi connectivity index (χ0) is 21.9. The van der Waals surface area contributed by atoms with Crippen LogP contribution >= 0.6 is 11.3 Å². The van der Waals surface area contributed by atoms with Gasteiger partial charge < -0.3 is 16.4 Å². The number of nitrogens with zero attached hydrogens (tertiary/aromatic N) is 3. The maximum Gasteiger partial charge on any atom is 0.257 e. The molecule has 4 N–H and O–H groups in total. The van der Waals surface area contributed by atoms with Gasteiger partial charge in [-0.2, -0.15) is 0 Å². The summed E-state index contributed by atoms with van der Waals surface area (Å²) in [5, 5.41) is 8.89. The van der Waals surface area contributed by atoms with Gasteiger partial charge in [-0.15, -0.1) is 0 Å². The van der Waals surface area contributed by atoms with Gasteiger partial charge in [0.25, 0.3) is 5.91 Å². The molecule has 8 heteroatoms. The lowest BCUT2D eigenvalue weighted by Crippen LogP contribution is -2.23. The van der Waals surface area contributed by atoms with Crippen molar-refractivity contribution >= 4 is 44.8 Å². The molecule has 0 bridgehead atoms. The number of carbonyl (C=O) groups excluding carboxylic acids is 1. The molecule has 1 aromatic carbocycles. The van der Waals surface area contributed by atoms with E-state index in [9.17, 15) is 4.79 Å². The lowest BCUT2D eigenvalue weighted by atomic mass is 9.95. The molecule has 0 atom stereocenters. The predicted molar refractivity (Wildman–Crippen MR) is 130 cm³/mol. The van der Waals surface area contributed by atoms with Crippen molar-refractivity contribution in [2.45, 2.75) is 38.1 Å². The third-order valence-electron chi connectivity index (χ3n) is 5.75. The number of anilines is 3. The number of fused-ring (bicyclic) bond motifs is 1. The Labute approximate surface area is 190 Å². The molecular formula is C24H24N6OS. The van der Waals surface area contributed by atoms with Crippen LogP contribution in [0.5, 0.6) is 0 Å². The van der Waals surface area contributed by atoms with Gasteiger partial charge in [0.1, 0.15) is 11.6 Å². The molecule has 3 heterocycles. The third kappa shape index (κ3) is 4.55. The Balaban J connectivity index is 1.33. The van der Waals surface area contributed by atoms with Crippen molar-refractivity contribution in [1.29, 1.82) is 0 Å². The van der Waals surface area contributed by atoms with E-state index in [4.69, 9.17) is 5.73 Å². The van der Waals surface area contributed by atoms with Crippen molar-refractivity contribution in [1.82, 2.24) is 15.0 Å². The zero-order valence-corrected chi connectivity index (χ0v) is 18.4. The molecule has 3 aromatic heterocycles. The predicted octanol–water partition coefficient (Wildman–Crippen LogP) is 5.33. The minimum absolute atomic E-state index is 0.211. The standard InChI is InChI=1S/C24H24N6OS/c25-24-28-14-20(32-24)15-6-7-17-13-27-22(12-18(17)10-15)30-23(31)16-8-9-26-21(11-16)29-19-4-2-1-3-5-19/h6-14,19H,1-5H2,(H2,25,28)(H,26,29)(H,27,30,31). The van der Waals surface area contributed by atoms with E-state index in [-0.39, 0.29) is 5.91 Å². The third-order valence-corrected chi connectivity index (χ3v) is 6.63. The number of nitrogen functional groups attached to an aromatic ring is 1. The molecule has 7 nitrogen and oxygen atoms in total. The molecule has 1 aliphatic carbocycles. The number of carbonyl (C=O) groups is 1. The van der Waals surface area contributed by atoms with Crippen LogP contribution in [0.2, 0.25) is 0 Å². The van der Waals surface area contributed by atoms with Crippen molar-refractivity contribution in [2.75, 3.05) is 16.4 Å². The van der Waals surface area contributed by atoms with E-state index in [1.54, 1.807) is 30.7 Å². The van der Waals surface area contributed by atoms with E-state index in [0.29, 0.717) is 22.6 Å². The van der Waals surface area contributed by atoms with Gasteiger partial charge in [-0.05, 0) is 48.1 Å². The SMILES string of the molecule is Nc1ncc(-c2ccc3cnc(NC(=O)c4ccnc(NC5CCCCC5)c4)cc3c2)s1. The fourth-order valence-electron chi connectivity index (χ4n) is 4.08. The zero-order valence-electron chi connectivity index (χ0n) is 17.5. The Bertz CT molecular complexity index is 1260. The van der Waals surface area contributed by atoms with E-state index < -0.39 is 0 Å². The number of amides is 1. The monoisotopic (exact) mass is 444 g/mol. The van der Waals surface area contributed by atoms with Crippen LogP contribution in [0.1, 0.15) is 42.5 Å². The number of aromatic nitrogens is 3. The number of rotatable bonds is 5. The molecule has 1 amide bonds. The van der Waals surface area contributed by atoms with E-state index in [1.165, 1.54) is 30.6 Å². The average Bonchev–Trinajstić information content (AvgIpc) is 3.26. The van der Waals surface area contributed by atoms with Crippen molar-refractivity contribution in [2.24, 2.45) is 0 Å². The molecule has 4 aromatic rings. The van der Waals surface area contributed by atoms with E-state index in [0.717, 1.165) is 39.9 Å². The van der Waals surface area contributed by atoms with Crippen LogP contribution in [0.15, 0.2) is 55.0 Å². The number of pyridine rings is 2. The summed E-state index contributed by atoms with van der Waals surface area (Å²) in [5.74, 6) is 1.03. The molecule has 5 rings (SSSR count). The topological polar surface area (TPSA) is 106 Å². The lowest BCUT2D eigenvalue weighted by Gasteiger charge is -2.23. The number of nitrogens with two attached hydrogens (primary N) is 1. The highest BCUT2D eigenvalue weighted by Crippen LogP contribution is 2.30. The van der Waals surface area contributed by atoms with Gasteiger partial charge in [0.15, 0.2) is 5.13 Å². The van der Waals surface area contributed by atoms with Gasteiger partial charge in [0, 0.05) is 35.6 Å². The molecule has 1 fully saturated rings. The van der Waals surface area contributed by atoms with Gasteiger partial charge in [-0.25, -0.2) is 15.0 Å². The molecule has 0 saturated heterocycles. The first kappa shape index (κ1) is 20.4. The maximum absolute atomic E-state index is 12.9. The molecule has 0 aliphatic heterocycles. The summed E-state index contributed by atoms with van der Waals surface area (Å²) >= 11 is 1.44. The van der Waals surface area contributed by atoms with Crippen LogP contribution in [0.25, 0.3) is 21.2 Å². The van der Waals surface area contributed by atoms with Crippen LogP contribution in [-0.2, 0) is 0 Å². The van der Waals surface area contributed by atoms with Gasteiger partial charge in [0.2, 0.25) is 0 Å². The summed E-state index contributed by atoms with van der Waals surface area (Å²) in [7, 11) is 0. The summed E-state index contributed by atoms with van der Waals surface area (Å²) in [5.41, 5.74) is 7.35. The average molecular weight is 445 g/mol. The largest absolute Gasteiger partial charge is 0.375 e. The summed E-state index contributed by atoms with van der Waals surface area (Å²) in [6, 6.07) is 11.9. The summed E-state index contributed by atoms with van der Waals surface area (Å²) < 4.78 is 0. The van der Waals surface area contributed by atoms with Crippen LogP contribution in [0, 0.1) is 0 Å². The molecule has 32 heavy (non-hydrogen) atoms. The molecule has 0 spiro atoms. The number of benzene rings is 1. The lowest BCUT2D eigenvalue weighted by molar-refractivity contribution is 0.102. The van der Waals surface area contributed by atoms with Gasteiger partial charge in [0.05, 0.1) is 4.88 Å². The Morgan fingerprint density at radius 1 is 0.938 bits per heavy atom. The fraction of sp³-hybridized carbons (Fsp3) is 0.250. The maximum atomic E-state index is 12.9. The first-order chi connectivity index (χ1) is 15.6. The van der Waals surface area contributed by atoms with E-state index in [1.807, 2.05) is 18.2 Å². The first-order valence-electron chi connectivity index (χ1n) is 10.8. The molecule has 1 saturated carbocycles. The van der Waals surface area contributed by atoms with Gasteiger partial charge in [-0.1, -0.05) is 42.7 Å². The van der Waals surface area contributed by atoms with Crippen molar-refractivity contribution in [3.63, 3.8) is 0 Å². The Hall–Kier alpha value is -3.52. The highest BCUT2D eigenvalue weighted by atomic mass is 32.1. The number of thiazole rings is 1. The quantitative estimate of drug-likeness (QED) is 0.384. The first-order valence-corrected chi connectivity index (χ1v) is 11.6. The Morgan fingerprint density at radius 2 is 1.81 bits per heavy atom. The highest BCUT2D eigenvalue weighted by molar-refractivity contribution is 7.18. The minimum atomic E-state index is -0.211. The second kappa shape index (κ2) is 8.92. The van der Waals surface area contributed by atoms with E-state index >= 15 is 0 Å². The second-order valence-electron chi connectivity index (χ2n) is 8.06. The van der Waals surface area contributed by atoms with Crippen molar-refractivity contribution in [3.05, 3.63) is 60.6 Å². The van der Waals surface area contributed by atoms with E-state index in [2.05, 4.69) is 31.7 Å². The summed E-state index contributed by atoms with van der Waals surface area (Å²) in [4.78, 5) is 26.8. The summed E-state index contributed by atoms with van der Waals surface area (Å²) in [6.07, 6.45) is 11.3. The summed E-state index contributed by atoms with van der Waals surface area (Å²) in [6.45, 7) is 0. The molecule has 1 aliphatic rings. The van der Waals surface area contributed by atoms with Gasteiger partial charge in [-0.3, -0.25) is 4.79 Å². The highest BCUT2D eigenvalue weighted by Gasteiger charge is 2.15. The smallest absolute Gasteiger partial charge is 0.257 e. The van der Waals surface area contributed by atoms with Crippen molar-refractivity contribution < 1.29 is 4.79 Å². The molecule has 0 unspecified atom stereocenters. The van der Waals surface area contributed by atoms with Crippen molar-refractivity contribution in [3.8, 4) is 10.4 Å². The van der Waals surface area contributed by atoms with Crippen LogP contribution in [-0.4, -0.2) is 26.9 Å². The molecule has 0 radical (unpaired) electrons. The number of hydrogen-bond donors (Lipinski definition) is 3. The normalized spacial score (nSPS) is 14.4. The Kier molecular flexibility index (Phi) is 5.68. The fourth-order valence-corrected chi connectivity index (χ4v) is 4.76. The Morgan fingerprint density at radius 3 is 2.62 bits per heavy atom. The molecular weight excluding hydrogens is 420 g/mol. The molecule has 162 valence electrons. The van der Waals surface area contributed by atoms with Gasteiger partial charge >= 0.3 is 0 Å². The minimum Gasteiger partial charge on any atom is -0.375 e.